The third-order valence-electron chi connectivity index (χ3n) is 3.42. The Morgan fingerprint density at radius 3 is 2.40 bits per heavy atom. The number of hydrogen-bond donors (Lipinski definition) is 2. The molecule has 0 radical (unpaired) electrons. The summed E-state index contributed by atoms with van der Waals surface area (Å²) in [4.78, 5) is 0. The second-order valence-corrected chi connectivity index (χ2v) is 5.09. The van der Waals surface area contributed by atoms with Crippen LogP contribution in [0.2, 0.25) is 0 Å². The maximum Gasteiger partial charge on any atom is 0.126 e. The summed E-state index contributed by atoms with van der Waals surface area (Å²) in [6, 6.07) is 14.1. The standard InChI is InChI=1S/C17H20FNO/c1-19-12-14(10-13-6-8-16(20)9-7-13)11-15-4-2-3-5-17(15)18/h2-9,14,19-20H,10-12H2,1H3. The zero-order valence-corrected chi connectivity index (χ0v) is 11.6. The molecule has 0 aliphatic rings. The van der Waals surface area contributed by atoms with Crippen LogP contribution in [0.5, 0.6) is 5.75 Å². The van der Waals surface area contributed by atoms with Gasteiger partial charge in [0.25, 0.3) is 0 Å². The smallest absolute Gasteiger partial charge is 0.126 e. The largest absolute Gasteiger partial charge is 0.508 e. The second-order valence-electron chi connectivity index (χ2n) is 5.09. The number of nitrogens with one attached hydrogen (secondary N) is 1. The number of phenolic OH excluding ortho intramolecular Hbond substituents is 1. The van der Waals surface area contributed by atoms with Gasteiger partial charge >= 0.3 is 0 Å². The van der Waals surface area contributed by atoms with E-state index >= 15 is 0 Å². The molecule has 0 saturated heterocycles. The average molecular weight is 273 g/mol. The zero-order chi connectivity index (χ0) is 14.4. The van der Waals surface area contributed by atoms with Crippen molar-refractivity contribution in [3.8, 4) is 5.75 Å². The van der Waals surface area contributed by atoms with Crippen LogP contribution in [-0.2, 0) is 12.8 Å². The van der Waals surface area contributed by atoms with Gasteiger partial charge in [0.2, 0.25) is 0 Å². The summed E-state index contributed by atoms with van der Waals surface area (Å²) >= 11 is 0. The predicted octanol–water partition coefficient (Wildman–Crippen LogP) is 3.15. The molecule has 20 heavy (non-hydrogen) atoms. The van der Waals surface area contributed by atoms with E-state index < -0.39 is 0 Å². The Hall–Kier alpha value is -1.87. The van der Waals surface area contributed by atoms with Crippen LogP contribution in [0.1, 0.15) is 11.1 Å². The molecule has 2 N–H and O–H groups in total. The predicted molar refractivity (Wildman–Crippen MR) is 79.3 cm³/mol. The van der Waals surface area contributed by atoms with E-state index in [0.29, 0.717) is 12.3 Å². The topological polar surface area (TPSA) is 32.3 Å². The number of benzene rings is 2. The molecular formula is C17H20FNO. The van der Waals surface area contributed by atoms with Crippen LogP contribution in [0.15, 0.2) is 48.5 Å². The summed E-state index contributed by atoms with van der Waals surface area (Å²) in [5.41, 5.74) is 1.91. The van der Waals surface area contributed by atoms with Gasteiger partial charge in [0.05, 0.1) is 0 Å². The fourth-order valence-corrected chi connectivity index (χ4v) is 2.45. The SMILES string of the molecule is CNCC(Cc1ccc(O)cc1)Cc1ccccc1F. The highest BCUT2D eigenvalue weighted by atomic mass is 19.1. The molecular weight excluding hydrogens is 253 g/mol. The number of aromatic hydroxyl groups is 1. The number of halogens is 1. The first kappa shape index (κ1) is 14.5. The van der Waals surface area contributed by atoms with Gasteiger partial charge in [-0.2, -0.15) is 0 Å². The molecule has 0 aliphatic heterocycles. The molecule has 0 fully saturated rings. The first-order chi connectivity index (χ1) is 9.69. The molecule has 0 amide bonds. The number of hydrogen-bond acceptors (Lipinski definition) is 2. The van der Waals surface area contributed by atoms with Crippen molar-refractivity contribution in [3.05, 3.63) is 65.5 Å². The van der Waals surface area contributed by atoms with Crippen LogP contribution < -0.4 is 5.32 Å². The van der Waals surface area contributed by atoms with E-state index in [4.69, 9.17) is 0 Å². The first-order valence-corrected chi connectivity index (χ1v) is 6.85. The highest BCUT2D eigenvalue weighted by Gasteiger charge is 2.12. The Kier molecular flexibility index (Phi) is 5.13. The van der Waals surface area contributed by atoms with Crippen LogP contribution in [0.4, 0.5) is 4.39 Å². The van der Waals surface area contributed by atoms with Crippen molar-refractivity contribution < 1.29 is 9.50 Å². The van der Waals surface area contributed by atoms with E-state index in [1.54, 1.807) is 18.2 Å². The van der Waals surface area contributed by atoms with Gasteiger partial charge in [-0.15, -0.1) is 0 Å². The molecule has 1 unspecified atom stereocenters. The lowest BCUT2D eigenvalue weighted by molar-refractivity contribution is 0.470. The molecule has 0 spiro atoms. The Morgan fingerprint density at radius 2 is 1.75 bits per heavy atom. The lowest BCUT2D eigenvalue weighted by Gasteiger charge is -2.17. The highest BCUT2D eigenvalue weighted by Crippen LogP contribution is 2.18. The zero-order valence-electron chi connectivity index (χ0n) is 11.6. The summed E-state index contributed by atoms with van der Waals surface area (Å²) in [7, 11) is 1.91. The Balaban J connectivity index is 2.07. The minimum absolute atomic E-state index is 0.140. The third kappa shape index (κ3) is 4.07. The molecule has 2 rings (SSSR count). The minimum atomic E-state index is -0.140. The van der Waals surface area contributed by atoms with Crippen LogP contribution in [0.25, 0.3) is 0 Å². The molecule has 0 saturated carbocycles. The van der Waals surface area contributed by atoms with Gasteiger partial charge in [-0.25, -0.2) is 4.39 Å². The van der Waals surface area contributed by atoms with Gasteiger partial charge in [0.1, 0.15) is 11.6 Å². The average Bonchev–Trinajstić information content (AvgIpc) is 2.44. The van der Waals surface area contributed by atoms with Gasteiger partial charge in [-0.3, -0.25) is 0 Å². The quantitative estimate of drug-likeness (QED) is 0.847. The maximum atomic E-state index is 13.7. The van der Waals surface area contributed by atoms with Crippen molar-refractivity contribution in [2.75, 3.05) is 13.6 Å². The number of rotatable bonds is 6. The molecule has 106 valence electrons. The lowest BCUT2D eigenvalue weighted by Crippen LogP contribution is -2.23. The van der Waals surface area contributed by atoms with Gasteiger partial charge in [-0.05, 0) is 61.7 Å². The van der Waals surface area contributed by atoms with Crippen molar-refractivity contribution in [2.45, 2.75) is 12.8 Å². The van der Waals surface area contributed by atoms with Crippen molar-refractivity contribution in [2.24, 2.45) is 5.92 Å². The normalized spacial score (nSPS) is 12.3. The van der Waals surface area contributed by atoms with Gasteiger partial charge < -0.3 is 10.4 Å². The fraction of sp³-hybridized carbons (Fsp3) is 0.294. The molecule has 0 bridgehead atoms. The van der Waals surface area contributed by atoms with Gasteiger partial charge in [-0.1, -0.05) is 30.3 Å². The monoisotopic (exact) mass is 273 g/mol. The van der Waals surface area contributed by atoms with E-state index in [1.807, 2.05) is 31.3 Å². The van der Waals surface area contributed by atoms with Crippen LogP contribution in [0, 0.1) is 11.7 Å². The lowest BCUT2D eigenvalue weighted by atomic mass is 9.92. The Morgan fingerprint density at radius 1 is 1.05 bits per heavy atom. The Bertz CT molecular complexity index is 539. The summed E-state index contributed by atoms with van der Waals surface area (Å²) in [6.45, 7) is 0.829. The summed E-state index contributed by atoms with van der Waals surface area (Å²) < 4.78 is 13.7. The number of phenols is 1. The molecule has 0 heterocycles. The third-order valence-corrected chi connectivity index (χ3v) is 3.42. The van der Waals surface area contributed by atoms with Gasteiger partial charge in [0.15, 0.2) is 0 Å². The van der Waals surface area contributed by atoms with Crippen molar-refractivity contribution in [1.82, 2.24) is 5.32 Å². The molecule has 2 nitrogen and oxygen atoms in total. The van der Waals surface area contributed by atoms with E-state index in [0.717, 1.165) is 24.1 Å². The molecule has 1 atom stereocenters. The van der Waals surface area contributed by atoms with Crippen LogP contribution in [0.3, 0.4) is 0 Å². The fourth-order valence-electron chi connectivity index (χ4n) is 2.45. The summed E-state index contributed by atoms with van der Waals surface area (Å²) in [6.07, 6.45) is 1.56. The van der Waals surface area contributed by atoms with Crippen molar-refractivity contribution in [1.29, 1.82) is 0 Å². The van der Waals surface area contributed by atoms with Crippen molar-refractivity contribution in [3.63, 3.8) is 0 Å². The summed E-state index contributed by atoms with van der Waals surface area (Å²) in [5.74, 6) is 0.453. The molecule has 0 aliphatic carbocycles. The van der Waals surface area contributed by atoms with Crippen LogP contribution >= 0.6 is 0 Å². The molecule has 2 aromatic carbocycles. The highest BCUT2D eigenvalue weighted by molar-refractivity contribution is 5.26. The molecule has 2 aromatic rings. The van der Waals surface area contributed by atoms with Gasteiger partial charge in [0, 0.05) is 0 Å². The van der Waals surface area contributed by atoms with E-state index in [1.165, 1.54) is 6.07 Å². The van der Waals surface area contributed by atoms with E-state index in [9.17, 15) is 9.50 Å². The Labute approximate surface area is 119 Å². The molecule has 0 aromatic heterocycles. The first-order valence-electron chi connectivity index (χ1n) is 6.85. The maximum absolute atomic E-state index is 13.7. The summed E-state index contributed by atoms with van der Waals surface area (Å²) in [5, 5.41) is 12.5. The molecule has 3 heteroatoms. The van der Waals surface area contributed by atoms with Crippen LogP contribution in [-0.4, -0.2) is 18.7 Å². The second kappa shape index (κ2) is 7.06. The minimum Gasteiger partial charge on any atom is -0.508 e. The van der Waals surface area contributed by atoms with Crippen molar-refractivity contribution >= 4 is 0 Å². The van der Waals surface area contributed by atoms with E-state index in [-0.39, 0.29) is 11.6 Å². The van der Waals surface area contributed by atoms with E-state index in [2.05, 4.69) is 5.32 Å².